The SMILES string of the molecule is N#Cc1c(-c2cc(NC(=O)c3cc(F)cc(C(F)(F)F)c3)c3c4c2CCN4C(=O)N[C@@H]3c2cc(Cl)ccc2Cl)ccc2ncnn12. The molecule has 0 radical (unpaired) electrons. The van der Waals surface area contributed by atoms with Gasteiger partial charge in [-0.3, -0.25) is 9.69 Å². The first-order valence-electron chi connectivity index (χ1n) is 13.6. The van der Waals surface area contributed by atoms with Gasteiger partial charge in [0.1, 0.15) is 18.2 Å². The number of nitriles is 1. The van der Waals surface area contributed by atoms with Crippen molar-refractivity contribution in [2.45, 2.75) is 18.6 Å². The topological polar surface area (TPSA) is 115 Å². The van der Waals surface area contributed by atoms with Gasteiger partial charge in [-0.15, -0.1) is 0 Å². The molecule has 1 atom stereocenters. The molecule has 0 fully saturated rings. The average Bonchev–Trinajstić information content (AvgIpc) is 3.68. The molecule has 15 heteroatoms. The second-order valence-corrected chi connectivity index (χ2v) is 11.4. The Hall–Kier alpha value is -5.19. The fraction of sp³-hybridized carbons (Fsp3) is 0.129. The van der Waals surface area contributed by atoms with Gasteiger partial charge in [0.05, 0.1) is 17.3 Å². The summed E-state index contributed by atoms with van der Waals surface area (Å²) in [6.45, 7) is 0.251. The molecule has 2 aromatic heterocycles. The Kier molecular flexibility index (Phi) is 6.88. The molecule has 0 spiro atoms. The van der Waals surface area contributed by atoms with E-state index in [1.54, 1.807) is 36.4 Å². The van der Waals surface area contributed by atoms with E-state index in [9.17, 15) is 32.4 Å². The van der Waals surface area contributed by atoms with Crippen molar-refractivity contribution in [2.24, 2.45) is 0 Å². The van der Waals surface area contributed by atoms with Crippen LogP contribution in [0.5, 0.6) is 0 Å². The number of fused-ring (bicyclic) bond motifs is 1. The van der Waals surface area contributed by atoms with E-state index in [2.05, 4.69) is 26.8 Å². The van der Waals surface area contributed by atoms with E-state index < -0.39 is 41.1 Å². The predicted molar refractivity (Wildman–Crippen MR) is 160 cm³/mol. The number of carbonyl (C=O) groups excluding carboxylic acids is 2. The zero-order valence-corrected chi connectivity index (χ0v) is 24.6. The number of amides is 3. The Labute approximate surface area is 267 Å². The minimum absolute atomic E-state index is 0.0760. The Balaban J connectivity index is 1.48. The van der Waals surface area contributed by atoms with Gasteiger partial charge in [-0.05, 0) is 77.7 Å². The normalized spacial score (nSPS) is 15.5. The van der Waals surface area contributed by atoms with Crippen molar-refractivity contribution in [1.29, 1.82) is 5.26 Å². The summed E-state index contributed by atoms with van der Waals surface area (Å²) in [7, 11) is 0. The molecule has 4 heterocycles. The van der Waals surface area contributed by atoms with Crippen molar-refractivity contribution in [1.82, 2.24) is 19.9 Å². The molecule has 2 aliphatic rings. The van der Waals surface area contributed by atoms with E-state index in [1.807, 2.05) is 0 Å². The van der Waals surface area contributed by atoms with E-state index in [4.69, 9.17) is 23.2 Å². The molecule has 3 amide bonds. The Morgan fingerprint density at radius 1 is 1.09 bits per heavy atom. The third kappa shape index (κ3) is 4.77. The van der Waals surface area contributed by atoms with Crippen LogP contribution in [0.3, 0.4) is 0 Å². The highest BCUT2D eigenvalue weighted by atomic mass is 35.5. The van der Waals surface area contributed by atoms with Crippen LogP contribution in [0, 0.1) is 17.1 Å². The summed E-state index contributed by atoms with van der Waals surface area (Å²) in [6, 6.07) is 11.8. The molecular formula is C31H17Cl2F4N7O2. The number of nitrogens with zero attached hydrogens (tertiary/aromatic N) is 5. The maximum absolute atomic E-state index is 14.3. The number of aromatic nitrogens is 3. The number of hydrogen-bond donors (Lipinski definition) is 2. The molecule has 5 aromatic rings. The molecule has 230 valence electrons. The number of nitrogens with one attached hydrogen (secondary N) is 2. The number of rotatable bonds is 4. The number of urea groups is 1. The molecule has 3 aromatic carbocycles. The van der Waals surface area contributed by atoms with E-state index in [1.165, 1.54) is 15.7 Å². The van der Waals surface area contributed by atoms with Crippen LogP contribution in [-0.4, -0.2) is 33.1 Å². The van der Waals surface area contributed by atoms with Crippen LogP contribution in [0.15, 0.2) is 60.9 Å². The van der Waals surface area contributed by atoms with Gasteiger partial charge in [-0.25, -0.2) is 18.7 Å². The van der Waals surface area contributed by atoms with Crippen LogP contribution in [0.2, 0.25) is 10.0 Å². The molecule has 2 N–H and O–H groups in total. The highest BCUT2D eigenvalue weighted by Gasteiger charge is 2.41. The van der Waals surface area contributed by atoms with E-state index in [-0.39, 0.29) is 22.9 Å². The van der Waals surface area contributed by atoms with Crippen molar-refractivity contribution in [2.75, 3.05) is 16.8 Å². The lowest BCUT2D eigenvalue weighted by molar-refractivity contribution is -0.137. The zero-order valence-electron chi connectivity index (χ0n) is 23.1. The number of alkyl halides is 3. The van der Waals surface area contributed by atoms with Crippen LogP contribution < -0.4 is 15.5 Å². The Morgan fingerprint density at radius 2 is 1.89 bits per heavy atom. The maximum atomic E-state index is 14.3. The van der Waals surface area contributed by atoms with Gasteiger partial charge in [-0.1, -0.05) is 23.2 Å². The van der Waals surface area contributed by atoms with Crippen molar-refractivity contribution >= 4 is 52.2 Å². The third-order valence-electron chi connectivity index (χ3n) is 7.94. The molecule has 7 rings (SSSR count). The summed E-state index contributed by atoms with van der Waals surface area (Å²) < 4.78 is 56.2. The summed E-state index contributed by atoms with van der Waals surface area (Å²) >= 11 is 12.9. The van der Waals surface area contributed by atoms with E-state index >= 15 is 0 Å². The monoisotopic (exact) mass is 665 g/mol. The van der Waals surface area contributed by atoms with Crippen LogP contribution >= 0.6 is 23.2 Å². The van der Waals surface area contributed by atoms with Gasteiger partial charge < -0.3 is 10.6 Å². The predicted octanol–water partition coefficient (Wildman–Crippen LogP) is 7.16. The van der Waals surface area contributed by atoms with E-state index in [0.29, 0.717) is 68.8 Å². The highest BCUT2D eigenvalue weighted by Crippen LogP contribution is 2.50. The van der Waals surface area contributed by atoms with E-state index in [0.717, 1.165) is 0 Å². The van der Waals surface area contributed by atoms with Crippen molar-refractivity contribution < 1.29 is 27.2 Å². The van der Waals surface area contributed by atoms with Crippen LogP contribution in [0.1, 0.15) is 44.3 Å². The highest BCUT2D eigenvalue weighted by molar-refractivity contribution is 6.33. The van der Waals surface area contributed by atoms with Crippen molar-refractivity contribution in [3.63, 3.8) is 0 Å². The van der Waals surface area contributed by atoms with Gasteiger partial charge >= 0.3 is 12.2 Å². The zero-order chi connectivity index (χ0) is 32.5. The first-order chi connectivity index (χ1) is 21.9. The number of carbonyl (C=O) groups is 2. The van der Waals surface area contributed by atoms with Crippen LogP contribution in [0.25, 0.3) is 16.8 Å². The second kappa shape index (κ2) is 10.7. The molecule has 0 bridgehead atoms. The first kappa shape index (κ1) is 29.5. The lowest BCUT2D eigenvalue weighted by Crippen LogP contribution is -2.46. The summed E-state index contributed by atoms with van der Waals surface area (Å²) in [6.07, 6.45) is -3.25. The average molecular weight is 666 g/mol. The van der Waals surface area contributed by atoms with Gasteiger partial charge in [0.15, 0.2) is 11.3 Å². The third-order valence-corrected chi connectivity index (χ3v) is 8.52. The number of hydrogen-bond acceptors (Lipinski definition) is 5. The standard InChI is InChI=1S/C31H17Cl2F4N7O2/c32-16-1-3-22(33)21(10-16)27-26-23(41-29(45)14-7-15(31(35,36)37)9-17(34)8-14)11-20(19-5-6-43(28(19)26)30(46)42-27)18-2-4-25-39-13-40-44(25)24(18)12-38/h1-4,7-11,13,27H,5-6H2,(H,41,45)(H,42,46)/t27-/m1/s1. The van der Waals surface area contributed by atoms with Gasteiger partial charge in [0.2, 0.25) is 0 Å². The molecule has 0 saturated heterocycles. The smallest absolute Gasteiger partial charge is 0.327 e. The van der Waals surface area contributed by atoms with Gasteiger partial charge in [-0.2, -0.15) is 23.5 Å². The fourth-order valence-electron chi connectivity index (χ4n) is 6.00. The minimum Gasteiger partial charge on any atom is -0.327 e. The van der Waals surface area contributed by atoms with Crippen LogP contribution in [-0.2, 0) is 12.6 Å². The minimum atomic E-state index is -4.91. The molecule has 0 unspecified atom stereocenters. The lowest BCUT2D eigenvalue weighted by Gasteiger charge is -2.35. The quantitative estimate of drug-likeness (QED) is 0.198. The van der Waals surface area contributed by atoms with Crippen molar-refractivity contribution in [3.05, 3.63) is 110 Å². The number of halogens is 6. The number of benzene rings is 3. The molecule has 0 aliphatic carbocycles. The molecular weight excluding hydrogens is 649 g/mol. The number of anilines is 2. The molecule has 46 heavy (non-hydrogen) atoms. The summed E-state index contributed by atoms with van der Waals surface area (Å²) in [5.74, 6) is -2.30. The molecule has 9 nitrogen and oxygen atoms in total. The second-order valence-electron chi connectivity index (χ2n) is 10.6. The first-order valence-corrected chi connectivity index (χ1v) is 14.4. The maximum Gasteiger partial charge on any atom is 0.416 e. The Bertz CT molecular complexity index is 2180. The molecule has 0 saturated carbocycles. The van der Waals surface area contributed by atoms with Gasteiger partial charge in [0, 0.05) is 39.0 Å². The number of pyridine rings is 1. The summed E-state index contributed by atoms with van der Waals surface area (Å²) in [5.41, 5.74) is 1.42. The summed E-state index contributed by atoms with van der Waals surface area (Å²) in [5, 5.41) is 20.4. The molecule has 2 aliphatic heterocycles. The fourth-order valence-corrected chi connectivity index (χ4v) is 6.40. The van der Waals surface area contributed by atoms with Crippen molar-refractivity contribution in [3.8, 4) is 17.2 Å². The lowest BCUT2D eigenvalue weighted by atomic mass is 9.87. The Morgan fingerprint density at radius 3 is 2.65 bits per heavy atom. The van der Waals surface area contributed by atoms with Gasteiger partial charge in [0.25, 0.3) is 5.91 Å². The van der Waals surface area contributed by atoms with Crippen LogP contribution in [0.4, 0.5) is 33.7 Å². The summed E-state index contributed by atoms with van der Waals surface area (Å²) in [4.78, 5) is 32.6. The largest absolute Gasteiger partial charge is 0.416 e.